The smallest absolute Gasteiger partial charge is 0.264 e. The molecule has 1 aliphatic rings. The molecule has 1 amide bonds. The van der Waals surface area contributed by atoms with Gasteiger partial charge in [0, 0.05) is 43.9 Å². The molecule has 1 fully saturated rings. The molecule has 4 heterocycles. The largest absolute Gasteiger partial charge is 0.456 e. The summed E-state index contributed by atoms with van der Waals surface area (Å²) >= 11 is 1.40. The third-order valence-corrected chi connectivity index (χ3v) is 7.21. The van der Waals surface area contributed by atoms with Crippen molar-refractivity contribution in [1.82, 2.24) is 14.5 Å². The predicted molar refractivity (Wildman–Crippen MR) is 129 cm³/mol. The van der Waals surface area contributed by atoms with Crippen LogP contribution in [0, 0.1) is 6.92 Å². The van der Waals surface area contributed by atoms with Gasteiger partial charge in [0.1, 0.15) is 11.5 Å². The van der Waals surface area contributed by atoms with Crippen molar-refractivity contribution in [3.05, 3.63) is 53.2 Å². The highest BCUT2D eigenvalue weighted by atomic mass is 32.1. The first-order valence-corrected chi connectivity index (χ1v) is 11.8. The Morgan fingerprint density at radius 3 is 2.85 bits per heavy atom. The van der Waals surface area contributed by atoms with E-state index in [2.05, 4.69) is 4.98 Å². The lowest BCUT2D eigenvalue weighted by atomic mass is 10.2. The molecule has 0 N–H and O–H groups in total. The topological polar surface area (TPSA) is 73.7 Å². The number of nitrogens with zero attached hydrogens (tertiary/aromatic N) is 3. The van der Waals surface area contributed by atoms with Crippen molar-refractivity contribution < 1.29 is 19.1 Å². The van der Waals surface area contributed by atoms with Gasteiger partial charge < -0.3 is 14.4 Å². The average Bonchev–Trinajstić information content (AvgIpc) is 3.49. The van der Waals surface area contributed by atoms with Crippen molar-refractivity contribution in [3.8, 4) is 11.5 Å². The number of ether oxygens (including phenoxy) is 2. The normalized spacial score (nSPS) is 16.1. The summed E-state index contributed by atoms with van der Waals surface area (Å²) in [5.74, 6) is 1.32. The second kappa shape index (κ2) is 8.61. The Balaban J connectivity index is 1.45. The van der Waals surface area contributed by atoms with Crippen LogP contribution in [0.4, 0.5) is 0 Å². The van der Waals surface area contributed by atoms with Crippen molar-refractivity contribution in [2.45, 2.75) is 32.7 Å². The number of likely N-dealkylation sites (tertiary alicyclic amines) is 1. The van der Waals surface area contributed by atoms with E-state index in [9.17, 15) is 9.59 Å². The zero-order valence-electron chi connectivity index (χ0n) is 18.8. The average molecular weight is 464 g/mol. The molecule has 1 aliphatic heterocycles. The molecule has 7 nitrogen and oxygen atoms in total. The molecule has 5 rings (SSSR count). The molecule has 0 bridgehead atoms. The van der Waals surface area contributed by atoms with E-state index in [4.69, 9.17) is 9.47 Å². The minimum atomic E-state index is -0.0199. The summed E-state index contributed by atoms with van der Waals surface area (Å²) in [6.45, 7) is 4.77. The molecule has 0 aliphatic carbocycles. The first kappa shape index (κ1) is 21.6. The summed E-state index contributed by atoms with van der Waals surface area (Å²) in [5, 5.41) is 0.936. The fourth-order valence-corrected chi connectivity index (χ4v) is 5.67. The first-order valence-electron chi connectivity index (χ1n) is 11.0. The van der Waals surface area contributed by atoms with Crippen LogP contribution in [0.5, 0.6) is 11.5 Å². The number of pyridine rings is 1. The summed E-state index contributed by atoms with van der Waals surface area (Å²) in [6, 6.07) is 11.4. The van der Waals surface area contributed by atoms with Crippen LogP contribution in [0.3, 0.4) is 0 Å². The van der Waals surface area contributed by atoms with Crippen molar-refractivity contribution in [2.24, 2.45) is 0 Å². The molecule has 0 saturated carbocycles. The van der Waals surface area contributed by atoms with Crippen LogP contribution in [0.25, 0.3) is 21.1 Å². The van der Waals surface area contributed by atoms with Gasteiger partial charge in [-0.1, -0.05) is 0 Å². The third kappa shape index (κ3) is 3.89. The maximum atomic E-state index is 13.2. The fraction of sp³-hybridized carbons (Fsp3) is 0.320. The van der Waals surface area contributed by atoms with Crippen LogP contribution in [0.1, 0.15) is 39.9 Å². The molecule has 4 aromatic rings. The number of hydrogen-bond acceptors (Lipinski definition) is 6. The molecular weight excluding hydrogens is 438 g/mol. The third-order valence-electron chi connectivity index (χ3n) is 6.08. The van der Waals surface area contributed by atoms with Crippen molar-refractivity contribution in [1.29, 1.82) is 0 Å². The van der Waals surface area contributed by atoms with Crippen molar-refractivity contribution in [2.75, 3.05) is 20.3 Å². The van der Waals surface area contributed by atoms with Gasteiger partial charge in [-0.05, 0) is 50.1 Å². The minimum Gasteiger partial charge on any atom is -0.456 e. The van der Waals surface area contributed by atoms with E-state index < -0.39 is 0 Å². The lowest BCUT2D eigenvalue weighted by molar-refractivity contribution is 0.0635. The molecule has 1 saturated heterocycles. The van der Waals surface area contributed by atoms with Crippen LogP contribution in [-0.2, 0) is 4.74 Å². The number of carbonyl (C=O) groups is 2. The highest BCUT2D eigenvalue weighted by Crippen LogP contribution is 2.37. The van der Waals surface area contributed by atoms with E-state index in [1.54, 1.807) is 24.8 Å². The van der Waals surface area contributed by atoms with E-state index >= 15 is 0 Å². The van der Waals surface area contributed by atoms with Crippen molar-refractivity contribution in [3.63, 3.8) is 0 Å². The zero-order valence-corrected chi connectivity index (χ0v) is 19.6. The molecule has 33 heavy (non-hydrogen) atoms. The number of carbonyl (C=O) groups excluding carboxylic acids is 2. The number of methoxy groups -OCH3 is 1. The Bertz CT molecular complexity index is 1370. The number of amides is 1. The standard InChI is InChI=1S/C25H25N3O4S/c1-15-11-17-12-19(6-7-21(17)28(15)16(2)29)32-22-8-9-26-20-13-23(33-24(20)22)25(30)27-10-4-5-18(27)14-31-3/h6-9,11-13,18H,4-5,10,14H2,1-3H3/t18-/m1/s1. The second-order valence-corrected chi connectivity index (χ2v) is 9.40. The van der Waals surface area contributed by atoms with Crippen LogP contribution < -0.4 is 4.74 Å². The number of fused-ring (bicyclic) bond motifs is 2. The Labute approximate surface area is 195 Å². The van der Waals surface area contributed by atoms with Gasteiger partial charge in [0.05, 0.1) is 33.3 Å². The maximum absolute atomic E-state index is 13.2. The molecule has 3 aromatic heterocycles. The lowest BCUT2D eigenvalue weighted by Crippen LogP contribution is -2.37. The van der Waals surface area contributed by atoms with E-state index in [1.807, 2.05) is 48.2 Å². The van der Waals surface area contributed by atoms with E-state index in [0.717, 1.165) is 46.2 Å². The molecule has 0 radical (unpaired) electrons. The van der Waals surface area contributed by atoms with Gasteiger partial charge in [-0.3, -0.25) is 19.1 Å². The van der Waals surface area contributed by atoms with Crippen molar-refractivity contribution >= 4 is 44.3 Å². The molecule has 0 spiro atoms. The van der Waals surface area contributed by atoms with Gasteiger partial charge in [0.2, 0.25) is 5.91 Å². The number of aromatic nitrogens is 2. The Morgan fingerprint density at radius 2 is 2.06 bits per heavy atom. The number of rotatable bonds is 5. The van der Waals surface area contributed by atoms with Crippen LogP contribution in [0.15, 0.2) is 42.6 Å². The van der Waals surface area contributed by atoms with Crippen LogP contribution in [0.2, 0.25) is 0 Å². The van der Waals surface area contributed by atoms with Gasteiger partial charge in [0.15, 0.2) is 0 Å². The SMILES string of the molecule is COC[C@H]1CCCN1C(=O)c1cc2nccc(Oc3ccc4c(c3)cc(C)n4C(C)=O)c2s1. The van der Waals surface area contributed by atoms with Gasteiger partial charge in [-0.25, -0.2) is 0 Å². The number of hydrogen-bond donors (Lipinski definition) is 0. The quantitative estimate of drug-likeness (QED) is 0.403. The lowest BCUT2D eigenvalue weighted by Gasteiger charge is -2.23. The minimum absolute atomic E-state index is 0.0194. The fourth-order valence-electron chi connectivity index (χ4n) is 4.65. The molecule has 170 valence electrons. The molecule has 1 aromatic carbocycles. The van der Waals surface area contributed by atoms with E-state index in [0.29, 0.717) is 23.0 Å². The molecular formula is C25H25N3O4S. The second-order valence-electron chi connectivity index (χ2n) is 8.35. The summed E-state index contributed by atoms with van der Waals surface area (Å²) in [5.41, 5.74) is 2.48. The van der Waals surface area contributed by atoms with Gasteiger partial charge in [-0.2, -0.15) is 0 Å². The van der Waals surface area contributed by atoms with E-state index in [-0.39, 0.29) is 17.9 Å². The van der Waals surface area contributed by atoms with Crippen LogP contribution in [-0.4, -0.2) is 52.6 Å². The first-order chi connectivity index (χ1) is 16.0. The Kier molecular flexibility index (Phi) is 5.64. The van der Waals surface area contributed by atoms with Crippen LogP contribution >= 0.6 is 11.3 Å². The number of thiophene rings is 1. The molecule has 0 unspecified atom stereocenters. The summed E-state index contributed by atoms with van der Waals surface area (Å²) in [7, 11) is 1.67. The highest BCUT2D eigenvalue weighted by Gasteiger charge is 2.30. The molecule has 1 atom stereocenters. The predicted octanol–water partition coefficient (Wildman–Crippen LogP) is 5.26. The van der Waals surface area contributed by atoms with Gasteiger partial charge in [-0.15, -0.1) is 11.3 Å². The number of aryl methyl sites for hydroxylation is 1. The van der Waals surface area contributed by atoms with E-state index in [1.165, 1.54) is 11.3 Å². The Hall–Kier alpha value is -3.23. The van der Waals surface area contributed by atoms with Gasteiger partial charge >= 0.3 is 0 Å². The van der Waals surface area contributed by atoms with Gasteiger partial charge in [0.25, 0.3) is 5.91 Å². The highest BCUT2D eigenvalue weighted by molar-refractivity contribution is 7.21. The summed E-state index contributed by atoms with van der Waals surface area (Å²) in [4.78, 5) is 32.2. The zero-order chi connectivity index (χ0) is 23.1. The maximum Gasteiger partial charge on any atom is 0.264 e. The summed E-state index contributed by atoms with van der Waals surface area (Å²) in [6.07, 6.45) is 3.64. The monoisotopic (exact) mass is 463 g/mol. The summed E-state index contributed by atoms with van der Waals surface area (Å²) < 4.78 is 14.0. The Morgan fingerprint density at radius 1 is 1.21 bits per heavy atom. The number of benzene rings is 1. The molecule has 8 heteroatoms.